The normalized spacial score (nSPS) is 20.5. The van der Waals surface area contributed by atoms with Crippen LogP contribution in [0.15, 0.2) is 38.8 Å². The molecule has 0 saturated heterocycles. The predicted molar refractivity (Wildman–Crippen MR) is 82.0 cm³/mol. The molecule has 6 nitrogen and oxygen atoms in total. The Labute approximate surface area is 132 Å². The summed E-state index contributed by atoms with van der Waals surface area (Å²) < 4.78 is 48.3. The lowest BCUT2D eigenvalue weighted by Crippen LogP contribution is -2.19. The maximum absolute atomic E-state index is 12.7. The van der Waals surface area contributed by atoms with Gasteiger partial charge in [0.1, 0.15) is 14.2 Å². The van der Waals surface area contributed by atoms with Crippen molar-refractivity contribution in [3.63, 3.8) is 0 Å². The summed E-state index contributed by atoms with van der Waals surface area (Å²) in [4.78, 5) is 0. The largest absolute Gasteiger partial charge is 0.508 e. The van der Waals surface area contributed by atoms with Crippen molar-refractivity contribution in [1.29, 1.82) is 0 Å². The van der Waals surface area contributed by atoms with Gasteiger partial charge in [0.2, 0.25) is 10.0 Å². The molecule has 1 aromatic heterocycles. The van der Waals surface area contributed by atoms with E-state index >= 15 is 0 Å². The molecule has 118 valence electrons. The number of nitrogens with two attached hydrogens (primary N) is 1. The number of phenols is 1. The van der Waals surface area contributed by atoms with Gasteiger partial charge < -0.3 is 5.11 Å². The van der Waals surface area contributed by atoms with Crippen LogP contribution in [0.4, 0.5) is 0 Å². The summed E-state index contributed by atoms with van der Waals surface area (Å²) in [5.41, 5.74) is 1.08. The first-order valence-corrected chi connectivity index (χ1v) is 10.3. The molecule has 0 aliphatic carbocycles. The van der Waals surface area contributed by atoms with Gasteiger partial charge in [-0.3, -0.25) is 0 Å². The van der Waals surface area contributed by atoms with Gasteiger partial charge in [-0.25, -0.2) is 22.0 Å². The highest BCUT2D eigenvalue weighted by atomic mass is 32.3. The Kier molecular flexibility index (Phi) is 3.55. The highest BCUT2D eigenvalue weighted by Gasteiger charge is 2.37. The molecule has 22 heavy (non-hydrogen) atoms. The molecule has 1 unspecified atom stereocenters. The molecule has 0 saturated carbocycles. The molecule has 0 radical (unpaired) electrons. The Morgan fingerprint density at radius 3 is 2.45 bits per heavy atom. The van der Waals surface area contributed by atoms with E-state index in [2.05, 4.69) is 0 Å². The van der Waals surface area contributed by atoms with E-state index in [1.54, 1.807) is 12.1 Å². The fourth-order valence-corrected chi connectivity index (χ4v) is 7.21. The summed E-state index contributed by atoms with van der Waals surface area (Å²) in [6.45, 7) is 0. The molecule has 0 spiro atoms. The van der Waals surface area contributed by atoms with Gasteiger partial charge in [0, 0.05) is 0 Å². The van der Waals surface area contributed by atoms with Crippen molar-refractivity contribution in [1.82, 2.24) is 0 Å². The summed E-state index contributed by atoms with van der Waals surface area (Å²) >= 11 is 0.700. The van der Waals surface area contributed by atoms with Gasteiger partial charge in [0.05, 0.1) is 5.25 Å². The Hall–Kier alpha value is -1.42. The molecule has 1 atom stereocenters. The lowest BCUT2D eigenvalue weighted by Gasteiger charge is -2.22. The van der Waals surface area contributed by atoms with Crippen LogP contribution in [0.5, 0.6) is 5.75 Å². The molecular formula is C13H13NO5S3. The van der Waals surface area contributed by atoms with Gasteiger partial charge in [-0.2, -0.15) is 0 Å². The van der Waals surface area contributed by atoms with Crippen molar-refractivity contribution in [2.24, 2.45) is 5.14 Å². The molecule has 2 heterocycles. The number of benzene rings is 1. The summed E-state index contributed by atoms with van der Waals surface area (Å²) in [5.74, 6) is 0.0604. The van der Waals surface area contributed by atoms with Gasteiger partial charge in [0.15, 0.2) is 9.84 Å². The summed E-state index contributed by atoms with van der Waals surface area (Å²) in [7, 11) is -7.59. The minimum absolute atomic E-state index is 0.0604. The third kappa shape index (κ3) is 2.54. The SMILES string of the molecule is NS(=O)(=O)c1cc2c(s1)S(=O)(=O)C(c1ccc(O)cc1)CC2. The Morgan fingerprint density at radius 1 is 1.23 bits per heavy atom. The fraction of sp³-hybridized carbons (Fsp3) is 0.231. The first kappa shape index (κ1) is 15.5. The summed E-state index contributed by atoms with van der Waals surface area (Å²) in [5, 5.41) is 13.6. The zero-order chi connectivity index (χ0) is 16.1. The molecule has 3 rings (SSSR count). The van der Waals surface area contributed by atoms with E-state index in [1.807, 2.05) is 0 Å². The molecule has 0 fully saturated rings. The van der Waals surface area contributed by atoms with Crippen LogP contribution in [0.2, 0.25) is 0 Å². The third-order valence-electron chi connectivity index (χ3n) is 3.60. The Morgan fingerprint density at radius 2 is 1.86 bits per heavy atom. The van der Waals surface area contributed by atoms with Crippen LogP contribution < -0.4 is 5.14 Å². The van der Waals surface area contributed by atoms with E-state index in [1.165, 1.54) is 18.2 Å². The molecule has 1 aliphatic rings. The molecule has 2 aromatic rings. The lowest BCUT2D eigenvalue weighted by atomic mass is 10.0. The van der Waals surface area contributed by atoms with E-state index in [0.29, 0.717) is 35.3 Å². The zero-order valence-corrected chi connectivity index (χ0v) is 13.7. The van der Waals surface area contributed by atoms with Crippen LogP contribution in [0.25, 0.3) is 0 Å². The van der Waals surface area contributed by atoms with Gasteiger partial charge in [-0.15, -0.1) is 11.3 Å². The van der Waals surface area contributed by atoms with E-state index in [9.17, 15) is 21.9 Å². The van der Waals surface area contributed by atoms with Crippen LogP contribution in [0.1, 0.15) is 22.8 Å². The number of primary sulfonamides is 1. The second-order valence-electron chi connectivity index (χ2n) is 5.09. The van der Waals surface area contributed by atoms with Gasteiger partial charge in [-0.05, 0) is 42.2 Å². The monoisotopic (exact) mass is 359 g/mol. The summed E-state index contributed by atoms with van der Waals surface area (Å²) in [6, 6.07) is 7.35. The summed E-state index contributed by atoms with van der Waals surface area (Å²) in [6.07, 6.45) is 0.826. The molecule has 0 bridgehead atoms. The van der Waals surface area contributed by atoms with Crippen LogP contribution in [-0.4, -0.2) is 21.9 Å². The first-order valence-electron chi connectivity index (χ1n) is 6.38. The van der Waals surface area contributed by atoms with Crippen molar-refractivity contribution in [2.75, 3.05) is 0 Å². The Bertz CT molecular complexity index is 927. The average molecular weight is 359 g/mol. The minimum Gasteiger partial charge on any atom is -0.508 e. The van der Waals surface area contributed by atoms with Gasteiger partial charge >= 0.3 is 0 Å². The van der Waals surface area contributed by atoms with Crippen molar-refractivity contribution in [3.05, 3.63) is 41.5 Å². The zero-order valence-electron chi connectivity index (χ0n) is 11.3. The lowest BCUT2D eigenvalue weighted by molar-refractivity contribution is 0.475. The van der Waals surface area contributed by atoms with E-state index < -0.39 is 25.1 Å². The highest BCUT2D eigenvalue weighted by Crippen LogP contribution is 2.44. The number of fused-ring (bicyclic) bond motifs is 1. The maximum Gasteiger partial charge on any atom is 0.247 e. The average Bonchev–Trinajstić information content (AvgIpc) is 2.86. The van der Waals surface area contributed by atoms with Gasteiger partial charge in [-0.1, -0.05) is 12.1 Å². The number of sulfone groups is 1. The van der Waals surface area contributed by atoms with Crippen molar-refractivity contribution in [3.8, 4) is 5.75 Å². The number of rotatable bonds is 2. The quantitative estimate of drug-likeness (QED) is 0.844. The molecule has 3 N–H and O–H groups in total. The molecule has 1 aromatic carbocycles. The fourth-order valence-electron chi connectivity index (χ4n) is 2.55. The number of aryl methyl sites for hydroxylation is 1. The third-order valence-corrected chi connectivity index (χ3v) is 8.98. The molecule has 9 heteroatoms. The second-order valence-corrected chi connectivity index (χ2v) is 10.3. The number of aromatic hydroxyl groups is 1. The number of phenolic OH excluding ortho intramolecular Hbond substituents is 1. The number of hydrogen-bond acceptors (Lipinski definition) is 6. The van der Waals surface area contributed by atoms with Crippen molar-refractivity contribution in [2.45, 2.75) is 26.5 Å². The van der Waals surface area contributed by atoms with Gasteiger partial charge in [0.25, 0.3) is 0 Å². The number of sulfonamides is 1. The standard InChI is InChI=1S/C13H13NO5S3/c14-22(18,19)12-7-9-3-6-11(21(16,17)13(9)20-12)8-1-4-10(15)5-2-8/h1-2,4-5,7,11,15H,3,6H2,(H2,14,18,19). The second kappa shape index (κ2) is 5.05. The molecule has 0 amide bonds. The van der Waals surface area contributed by atoms with E-state index in [-0.39, 0.29) is 14.2 Å². The smallest absolute Gasteiger partial charge is 0.247 e. The van der Waals surface area contributed by atoms with Crippen molar-refractivity contribution >= 4 is 31.2 Å². The molecule has 1 aliphatic heterocycles. The number of thiophene rings is 1. The van der Waals surface area contributed by atoms with Crippen LogP contribution in [0.3, 0.4) is 0 Å². The van der Waals surface area contributed by atoms with Crippen molar-refractivity contribution < 1.29 is 21.9 Å². The topological polar surface area (TPSA) is 115 Å². The Balaban J connectivity index is 2.10. The van der Waals surface area contributed by atoms with E-state index in [4.69, 9.17) is 5.14 Å². The van der Waals surface area contributed by atoms with Crippen LogP contribution in [0, 0.1) is 0 Å². The molecular weight excluding hydrogens is 346 g/mol. The highest BCUT2D eigenvalue weighted by molar-refractivity contribution is 7.95. The minimum atomic E-state index is -3.91. The van der Waals surface area contributed by atoms with Crippen LogP contribution in [-0.2, 0) is 26.3 Å². The first-order chi connectivity index (χ1) is 10.2. The maximum atomic E-state index is 12.7. The predicted octanol–water partition coefficient (Wildman–Crippen LogP) is 1.56. The van der Waals surface area contributed by atoms with Crippen LogP contribution >= 0.6 is 11.3 Å². The number of hydrogen-bond donors (Lipinski definition) is 2. The van der Waals surface area contributed by atoms with E-state index in [0.717, 1.165) is 0 Å².